The van der Waals surface area contributed by atoms with E-state index in [0.29, 0.717) is 0 Å². The molecule has 4 heteroatoms. The van der Waals surface area contributed by atoms with Gasteiger partial charge in [-0.1, -0.05) is 127 Å². The van der Waals surface area contributed by atoms with E-state index in [2.05, 4.69) is 151 Å². The van der Waals surface area contributed by atoms with Crippen LogP contribution in [0.4, 0.5) is 0 Å². The van der Waals surface area contributed by atoms with E-state index in [1.165, 1.54) is 49.0 Å². The van der Waals surface area contributed by atoms with Crippen LogP contribution in [0.15, 0.2) is 170 Å². The number of fused-ring (bicyclic) bond motifs is 6. The number of hydrogen-bond acceptors (Lipinski definition) is 3. The maximum absolute atomic E-state index is 5.11. The van der Waals surface area contributed by atoms with Gasteiger partial charge in [0.1, 0.15) is 11.0 Å². The van der Waals surface area contributed by atoms with Gasteiger partial charge in [0.15, 0.2) is 0 Å². The van der Waals surface area contributed by atoms with E-state index in [4.69, 9.17) is 10.2 Å². The lowest BCUT2D eigenvalue weighted by Gasteiger charge is -2.19. The highest BCUT2D eigenvalue weighted by molar-refractivity contribution is 6.26. The quantitative estimate of drug-likeness (QED) is 0.183. The largest absolute Gasteiger partial charge is 0.265 e. The van der Waals surface area contributed by atoms with Gasteiger partial charge in [0, 0.05) is 17.8 Å². The molecular weight excluding hydrogens is 597 g/mol. The fourth-order valence-electron chi connectivity index (χ4n) is 7.57. The van der Waals surface area contributed by atoms with Gasteiger partial charge in [-0.15, -0.1) is 10.2 Å². The number of aromatic nitrogens is 4. The summed E-state index contributed by atoms with van der Waals surface area (Å²) in [6, 6.07) is 56.2. The molecule has 0 spiro atoms. The Bertz CT molecular complexity index is 2820. The zero-order chi connectivity index (χ0) is 32.3. The number of nitrogens with zero attached hydrogens (tertiary/aromatic N) is 4. The number of hydrogen-bond donors (Lipinski definition) is 0. The first-order valence-electron chi connectivity index (χ1n) is 16.5. The summed E-state index contributed by atoms with van der Waals surface area (Å²) < 4.78 is 0. The SMILES string of the molecule is c1cc(-c2ccncc2)cc(-n2nc3cc(-c4c5ccccc5c(-c5cccc6ccccc56)c5ccccc45)c4ccccc4c3n2)c1. The maximum atomic E-state index is 5.11. The van der Waals surface area contributed by atoms with Crippen molar-refractivity contribution < 1.29 is 0 Å². The third-order valence-electron chi connectivity index (χ3n) is 9.74. The summed E-state index contributed by atoms with van der Waals surface area (Å²) in [5, 5.41) is 19.8. The van der Waals surface area contributed by atoms with Gasteiger partial charge in [-0.05, 0) is 101 Å². The monoisotopic (exact) mass is 624 g/mol. The second-order valence-electron chi connectivity index (χ2n) is 12.5. The smallest absolute Gasteiger partial charge is 0.121 e. The van der Waals surface area contributed by atoms with Gasteiger partial charge in [0.05, 0.1) is 5.69 Å². The van der Waals surface area contributed by atoms with Crippen molar-refractivity contribution in [1.82, 2.24) is 20.0 Å². The van der Waals surface area contributed by atoms with E-state index in [0.717, 1.165) is 44.2 Å². The predicted molar refractivity (Wildman–Crippen MR) is 203 cm³/mol. The van der Waals surface area contributed by atoms with Gasteiger partial charge in [0.2, 0.25) is 0 Å². The molecule has 2 heterocycles. The summed E-state index contributed by atoms with van der Waals surface area (Å²) in [4.78, 5) is 5.95. The summed E-state index contributed by atoms with van der Waals surface area (Å²) in [5.41, 5.74) is 9.71. The second kappa shape index (κ2) is 11.0. The van der Waals surface area contributed by atoms with Crippen molar-refractivity contribution >= 4 is 54.1 Å². The van der Waals surface area contributed by atoms with Crippen molar-refractivity contribution in [1.29, 1.82) is 0 Å². The van der Waals surface area contributed by atoms with Gasteiger partial charge in [-0.2, -0.15) is 4.80 Å². The molecule has 0 radical (unpaired) electrons. The predicted octanol–water partition coefficient (Wildman–Crippen LogP) is 11.4. The summed E-state index contributed by atoms with van der Waals surface area (Å²) >= 11 is 0. The number of pyridine rings is 1. The van der Waals surface area contributed by atoms with Crippen LogP contribution in [0.2, 0.25) is 0 Å². The van der Waals surface area contributed by atoms with E-state index in [1.807, 2.05) is 24.5 Å². The van der Waals surface area contributed by atoms with E-state index in [1.54, 1.807) is 4.80 Å². The van der Waals surface area contributed by atoms with Crippen molar-refractivity contribution in [3.63, 3.8) is 0 Å². The van der Waals surface area contributed by atoms with Crippen molar-refractivity contribution in [2.75, 3.05) is 0 Å². The molecule has 0 N–H and O–H groups in total. The molecule has 0 amide bonds. The highest BCUT2D eigenvalue weighted by Crippen LogP contribution is 2.47. The van der Waals surface area contributed by atoms with Gasteiger partial charge in [-0.25, -0.2) is 0 Å². The van der Waals surface area contributed by atoms with E-state index in [-0.39, 0.29) is 0 Å². The normalized spacial score (nSPS) is 11.7. The molecule has 4 nitrogen and oxygen atoms in total. The van der Waals surface area contributed by atoms with E-state index in [9.17, 15) is 0 Å². The summed E-state index contributed by atoms with van der Waals surface area (Å²) in [5.74, 6) is 0. The highest BCUT2D eigenvalue weighted by Gasteiger charge is 2.21. The Morgan fingerprint density at radius 3 is 1.67 bits per heavy atom. The van der Waals surface area contributed by atoms with Crippen LogP contribution in [-0.4, -0.2) is 20.0 Å². The molecule has 0 unspecified atom stereocenters. The minimum Gasteiger partial charge on any atom is -0.265 e. The van der Waals surface area contributed by atoms with Crippen molar-refractivity contribution in [2.24, 2.45) is 0 Å². The fraction of sp³-hybridized carbons (Fsp3) is 0. The van der Waals surface area contributed by atoms with E-state index < -0.39 is 0 Å². The van der Waals surface area contributed by atoms with Crippen LogP contribution < -0.4 is 0 Å². The molecule has 0 aliphatic carbocycles. The average Bonchev–Trinajstić information content (AvgIpc) is 3.62. The molecule has 49 heavy (non-hydrogen) atoms. The van der Waals surface area contributed by atoms with Crippen molar-refractivity contribution in [3.8, 4) is 39.1 Å². The maximum Gasteiger partial charge on any atom is 0.121 e. The first-order chi connectivity index (χ1) is 24.3. The van der Waals surface area contributed by atoms with Crippen LogP contribution in [0.25, 0.3) is 93.2 Å². The zero-order valence-corrected chi connectivity index (χ0v) is 26.5. The summed E-state index contributed by atoms with van der Waals surface area (Å²) in [6.07, 6.45) is 3.64. The Balaban J connectivity index is 1.26. The lowest BCUT2D eigenvalue weighted by Crippen LogP contribution is -1.98. The van der Waals surface area contributed by atoms with E-state index >= 15 is 0 Å². The van der Waals surface area contributed by atoms with Crippen LogP contribution in [0.5, 0.6) is 0 Å². The van der Waals surface area contributed by atoms with Crippen molar-refractivity contribution in [2.45, 2.75) is 0 Å². The van der Waals surface area contributed by atoms with Crippen LogP contribution in [0, 0.1) is 0 Å². The Morgan fingerprint density at radius 2 is 0.959 bits per heavy atom. The van der Waals surface area contributed by atoms with Gasteiger partial charge in [-0.3, -0.25) is 4.98 Å². The molecule has 0 aliphatic rings. The van der Waals surface area contributed by atoms with Gasteiger partial charge in [0.25, 0.3) is 0 Å². The number of rotatable bonds is 4. The zero-order valence-electron chi connectivity index (χ0n) is 26.5. The Morgan fingerprint density at radius 1 is 0.388 bits per heavy atom. The molecule has 0 aliphatic heterocycles. The molecule has 2 aromatic heterocycles. The standard InChI is InChI=1S/C45H28N4/c1-2-15-33-30(11-1)12-10-22-35(33)43-36-17-4-6-19-38(36)44(39-20-7-5-18-37(39)43)41-28-42-45(40-21-8-3-16-34(40)41)48-49(47-42)32-14-9-13-31(27-32)29-23-25-46-26-24-29/h1-28H. The van der Waals surface area contributed by atoms with Gasteiger partial charge >= 0.3 is 0 Å². The Hall–Kier alpha value is -6.65. The fourth-order valence-corrected chi connectivity index (χ4v) is 7.57. The summed E-state index contributed by atoms with van der Waals surface area (Å²) in [7, 11) is 0. The summed E-state index contributed by atoms with van der Waals surface area (Å²) in [6.45, 7) is 0. The lowest BCUT2D eigenvalue weighted by molar-refractivity contribution is 0.766. The van der Waals surface area contributed by atoms with Crippen LogP contribution in [0.1, 0.15) is 0 Å². The molecule has 0 bridgehead atoms. The molecule has 0 saturated heterocycles. The topological polar surface area (TPSA) is 43.6 Å². The first kappa shape index (κ1) is 27.5. The molecule has 228 valence electrons. The van der Waals surface area contributed by atoms with Gasteiger partial charge < -0.3 is 0 Å². The second-order valence-corrected chi connectivity index (χ2v) is 12.5. The Labute approximate surface area is 282 Å². The molecule has 0 saturated carbocycles. The lowest BCUT2D eigenvalue weighted by atomic mass is 9.83. The Kier molecular flexibility index (Phi) is 6.15. The minimum absolute atomic E-state index is 0.856. The molecule has 10 aromatic rings. The third-order valence-corrected chi connectivity index (χ3v) is 9.74. The molecule has 10 rings (SSSR count). The minimum atomic E-state index is 0.856. The molecule has 8 aromatic carbocycles. The van der Waals surface area contributed by atoms with Crippen LogP contribution in [-0.2, 0) is 0 Å². The third kappa shape index (κ3) is 4.35. The van der Waals surface area contributed by atoms with Crippen LogP contribution in [0.3, 0.4) is 0 Å². The first-order valence-corrected chi connectivity index (χ1v) is 16.5. The van der Waals surface area contributed by atoms with Crippen LogP contribution >= 0.6 is 0 Å². The molecular formula is C45H28N4. The number of benzene rings is 8. The highest BCUT2D eigenvalue weighted by atomic mass is 15.5. The molecule has 0 atom stereocenters. The average molecular weight is 625 g/mol. The van der Waals surface area contributed by atoms with Crippen molar-refractivity contribution in [3.05, 3.63) is 170 Å². The molecule has 0 fully saturated rings.